The summed E-state index contributed by atoms with van der Waals surface area (Å²) < 4.78 is 1.49. The van der Waals surface area contributed by atoms with Gasteiger partial charge >= 0.3 is 144 Å². The summed E-state index contributed by atoms with van der Waals surface area (Å²) in [6.45, 7) is 6.82. The van der Waals surface area contributed by atoms with Gasteiger partial charge in [-0.2, -0.15) is 0 Å². The van der Waals surface area contributed by atoms with Gasteiger partial charge in [0, 0.05) is 0 Å². The van der Waals surface area contributed by atoms with Gasteiger partial charge in [-0.05, 0) is 0 Å². The molecule has 20 heavy (non-hydrogen) atoms. The average Bonchev–Trinajstić information content (AvgIpc) is 2.43. The van der Waals surface area contributed by atoms with Crippen molar-refractivity contribution in [3.05, 3.63) is 27.8 Å². The van der Waals surface area contributed by atoms with Crippen molar-refractivity contribution < 1.29 is 0 Å². The van der Waals surface area contributed by atoms with Gasteiger partial charge in [-0.25, -0.2) is 0 Å². The summed E-state index contributed by atoms with van der Waals surface area (Å²) in [6.07, 6.45) is 11.2. The van der Waals surface area contributed by atoms with E-state index in [1.165, 1.54) is 83.0 Å². The quantitative estimate of drug-likeness (QED) is 0.504. The van der Waals surface area contributed by atoms with Crippen LogP contribution in [0.1, 0.15) is 76.0 Å². The first-order valence-corrected chi connectivity index (χ1v) is 10.0. The Bertz CT molecular complexity index is 380. The van der Waals surface area contributed by atoms with Gasteiger partial charge in [0.1, 0.15) is 0 Å². The first-order valence-electron chi connectivity index (χ1n) is 8.20. The Labute approximate surface area is 143 Å². The van der Waals surface area contributed by atoms with Crippen molar-refractivity contribution in [3.63, 3.8) is 0 Å². The number of rotatable bonds is 9. The third-order valence-corrected chi connectivity index (χ3v) is 5.56. The minimum absolute atomic E-state index is 1.02. The van der Waals surface area contributed by atoms with Crippen LogP contribution in [0, 0.1) is 0 Å². The van der Waals surface area contributed by atoms with Crippen molar-refractivity contribution in [2.75, 3.05) is 0 Å². The van der Waals surface area contributed by atoms with Crippen LogP contribution in [0.5, 0.6) is 0 Å². The van der Waals surface area contributed by atoms with Crippen LogP contribution in [0.3, 0.4) is 0 Å². The van der Waals surface area contributed by atoms with Gasteiger partial charge < -0.3 is 0 Å². The molecule has 0 saturated carbocycles. The van der Waals surface area contributed by atoms with E-state index in [0.29, 0.717) is 0 Å². The molecule has 0 aliphatic heterocycles. The molecular formula is C18H28ClSn. The fourth-order valence-corrected chi connectivity index (χ4v) is 4.49. The molecule has 0 fully saturated rings. The van der Waals surface area contributed by atoms with E-state index in [9.17, 15) is 0 Å². The second-order valence-corrected chi connectivity index (χ2v) is 7.60. The number of benzene rings is 1. The summed E-state index contributed by atoms with van der Waals surface area (Å²) in [6, 6.07) is 2.24. The first-order chi connectivity index (χ1) is 9.65. The SMILES string of the molecule is CCCCc1c(Cl)c[c]([Sn])c(CCCC)c1CCCC. The Kier molecular flexibility index (Phi) is 9.28. The molecule has 1 aromatic carbocycles. The molecule has 0 aromatic heterocycles. The fraction of sp³-hybridized carbons (Fsp3) is 0.667. The molecule has 2 heteroatoms. The van der Waals surface area contributed by atoms with E-state index in [4.69, 9.17) is 11.6 Å². The summed E-state index contributed by atoms with van der Waals surface area (Å²) in [5.41, 5.74) is 4.70. The second-order valence-electron chi connectivity index (χ2n) is 5.65. The zero-order valence-electron chi connectivity index (χ0n) is 13.3. The van der Waals surface area contributed by atoms with Crippen LogP contribution in [0.15, 0.2) is 6.07 Å². The van der Waals surface area contributed by atoms with Crippen LogP contribution in [0.4, 0.5) is 0 Å². The monoisotopic (exact) mass is 399 g/mol. The van der Waals surface area contributed by atoms with Crippen LogP contribution in [0.2, 0.25) is 5.02 Å². The van der Waals surface area contributed by atoms with E-state index in [-0.39, 0.29) is 0 Å². The summed E-state index contributed by atoms with van der Waals surface area (Å²) in [5.74, 6) is 0. The normalized spacial score (nSPS) is 11.1. The summed E-state index contributed by atoms with van der Waals surface area (Å²) in [5, 5.41) is 1.02. The standard InChI is InChI=1S/C18H28Cl.Sn/c1-4-7-10-15-13-14-18(19)17(12-9-6-3)16(15)11-8-5-2;/h14H,4-12H2,1-3H3;. The molecule has 0 saturated heterocycles. The number of hydrogen-bond acceptors (Lipinski definition) is 0. The predicted molar refractivity (Wildman–Crippen MR) is 92.7 cm³/mol. The van der Waals surface area contributed by atoms with Gasteiger partial charge in [0.15, 0.2) is 0 Å². The summed E-state index contributed by atoms with van der Waals surface area (Å²) in [4.78, 5) is 0. The molecule has 0 aliphatic carbocycles. The van der Waals surface area contributed by atoms with E-state index in [1.54, 1.807) is 11.1 Å². The maximum absolute atomic E-state index is 6.57. The van der Waals surface area contributed by atoms with E-state index in [1.807, 2.05) is 0 Å². The Morgan fingerprint density at radius 3 is 1.75 bits per heavy atom. The molecule has 0 heterocycles. The molecule has 0 aliphatic rings. The van der Waals surface area contributed by atoms with Crippen molar-refractivity contribution in [1.82, 2.24) is 0 Å². The molecule has 1 aromatic rings. The Morgan fingerprint density at radius 1 is 0.800 bits per heavy atom. The molecule has 111 valence electrons. The molecule has 0 spiro atoms. The van der Waals surface area contributed by atoms with Gasteiger partial charge in [0.2, 0.25) is 0 Å². The molecule has 3 radical (unpaired) electrons. The number of unbranched alkanes of at least 4 members (excludes halogenated alkanes) is 3. The number of hydrogen-bond donors (Lipinski definition) is 0. The number of halogens is 1. The van der Waals surface area contributed by atoms with Gasteiger partial charge in [-0.3, -0.25) is 0 Å². The van der Waals surface area contributed by atoms with E-state index < -0.39 is 0 Å². The van der Waals surface area contributed by atoms with Crippen LogP contribution in [-0.4, -0.2) is 22.5 Å². The molecule has 0 amide bonds. The topological polar surface area (TPSA) is 0 Å². The molecule has 0 unspecified atom stereocenters. The van der Waals surface area contributed by atoms with Crippen LogP contribution in [0.25, 0.3) is 0 Å². The van der Waals surface area contributed by atoms with E-state index in [2.05, 4.69) is 26.8 Å². The van der Waals surface area contributed by atoms with Crippen molar-refractivity contribution in [2.45, 2.75) is 78.6 Å². The van der Waals surface area contributed by atoms with Gasteiger partial charge in [-0.1, -0.05) is 0 Å². The Hall–Kier alpha value is 0.309. The van der Waals surface area contributed by atoms with E-state index in [0.717, 1.165) is 11.4 Å². The molecule has 0 nitrogen and oxygen atoms in total. The second kappa shape index (κ2) is 10.1. The molecule has 0 atom stereocenters. The Morgan fingerprint density at radius 2 is 1.25 bits per heavy atom. The first kappa shape index (κ1) is 18.4. The maximum atomic E-state index is 6.57. The average molecular weight is 399 g/mol. The molecular weight excluding hydrogens is 370 g/mol. The van der Waals surface area contributed by atoms with Crippen LogP contribution >= 0.6 is 11.6 Å². The fourth-order valence-electron chi connectivity index (χ4n) is 2.71. The predicted octanol–water partition coefficient (Wildman–Crippen LogP) is 5.16. The third-order valence-electron chi connectivity index (χ3n) is 3.95. The van der Waals surface area contributed by atoms with Gasteiger partial charge in [0.05, 0.1) is 0 Å². The van der Waals surface area contributed by atoms with Gasteiger partial charge in [-0.15, -0.1) is 0 Å². The van der Waals surface area contributed by atoms with E-state index >= 15 is 0 Å². The zero-order chi connectivity index (χ0) is 15.0. The minimum atomic E-state index is 1.02. The van der Waals surface area contributed by atoms with Crippen molar-refractivity contribution in [3.8, 4) is 0 Å². The van der Waals surface area contributed by atoms with Crippen LogP contribution < -0.4 is 3.58 Å². The third kappa shape index (κ3) is 5.25. The Balaban J connectivity index is 3.16. The molecule has 0 N–H and O–H groups in total. The van der Waals surface area contributed by atoms with Gasteiger partial charge in [0.25, 0.3) is 0 Å². The summed E-state index contributed by atoms with van der Waals surface area (Å²) >= 11 is 8.08. The molecule has 0 bridgehead atoms. The summed E-state index contributed by atoms with van der Waals surface area (Å²) in [7, 11) is 0. The van der Waals surface area contributed by atoms with Crippen LogP contribution in [-0.2, 0) is 19.3 Å². The zero-order valence-corrected chi connectivity index (χ0v) is 16.9. The van der Waals surface area contributed by atoms with Crippen molar-refractivity contribution in [2.24, 2.45) is 0 Å². The van der Waals surface area contributed by atoms with Crippen molar-refractivity contribution >= 4 is 37.7 Å². The molecule has 1 rings (SSSR count). The van der Waals surface area contributed by atoms with Crippen molar-refractivity contribution in [1.29, 1.82) is 0 Å².